The number of hydrogen-bond donors (Lipinski definition) is 2. The number of aliphatic hydroxyl groups excluding tert-OH is 2. The normalized spacial score (nSPS) is 7.77. The highest BCUT2D eigenvalue weighted by atomic mass is 27.0. The Kier molecular flexibility index (Phi) is 43.2. The summed E-state index contributed by atoms with van der Waals surface area (Å²) in [6, 6.07) is 0. The lowest BCUT2D eigenvalue weighted by atomic mass is 10.4. The van der Waals surface area contributed by atoms with Crippen LogP contribution in [0.4, 0.5) is 0 Å². The first-order valence-electron chi connectivity index (χ1n) is 5.16. The van der Waals surface area contributed by atoms with Crippen molar-refractivity contribution in [1.82, 2.24) is 0 Å². The summed E-state index contributed by atoms with van der Waals surface area (Å²) in [5.74, 6) is 0. The zero-order valence-corrected chi connectivity index (χ0v) is 10.6. The van der Waals surface area contributed by atoms with Gasteiger partial charge >= 0.3 is 0 Å². The summed E-state index contributed by atoms with van der Waals surface area (Å²) in [4.78, 5) is 0. The van der Waals surface area contributed by atoms with Crippen LogP contribution in [-0.2, 0) is 0 Å². The van der Waals surface area contributed by atoms with Gasteiger partial charge in [0.25, 0.3) is 0 Å². The molecular formula is C10H25AlO2. The van der Waals surface area contributed by atoms with Crippen LogP contribution in [0.2, 0.25) is 5.28 Å². The van der Waals surface area contributed by atoms with Crippen molar-refractivity contribution in [3.63, 3.8) is 0 Å². The molecule has 0 saturated carbocycles. The van der Waals surface area contributed by atoms with Gasteiger partial charge in [0.15, 0.2) is 0 Å². The Bertz CT molecular complexity index is 42.2. The van der Waals surface area contributed by atoms with Crippen LogP contribution >= 0.6 is 0 Å². The second-order valence-electron chi connectivity index (χ2n) is 2.56. The van der Waals surface area contributed by atoms with E-state index in [0.29, 0.717) is 13.2 Å². The molecule has 0 aromatic rings. The summed E-state index contributed by atoms with van der Waals surface area (Å²) in [6.45, 7) is 6.88. The van der Waals surface area contributed by atoms with Gasteiger partial charge in [-0.05, 0) is 12.8 Å². The van der Waals surface area contributed by atoms with Crippen LogP contribution in [0.15, 0.2) is 0 Å². The van der Waals surface area contributed by atoms with E-state index in [1.54, 1.807) is 0 Å². The van der Waals surface area contributed by atoms with Gasteiger partial charge in [0.05, 0.1) is 0 Å². The third-order valence-electron chi connectivity index (χ3n) is 1.02. The molecule has 0 amide bonds. The molecule has 0 aliphatic rings. The molecule has 0 aliphatic carbocycles. The van der Waals surface area contributed by atoms with Crippen molar-refractivity contribution in [3.05, 3.63) is 0 Å². The molecule has 0 aromatic carbocycles. The smallest absolute Gasteiger partial charge is 0.117 e. The van der Waals surface area contributed by atoms with Gasteiger partial charge in [-0.1, -0.05) is 33.6 Å². The number of unbranched alkanes of at least 4 members (excludes halogenated alkanes) is 2. The summed E-state index contributed by atoms with van der Waals surface area (Å²) in [5.41, 5.74) is 0. The molecule has 0 unspecified atom stereocenters. The third kappa shape index (κ3) is 68.6. The van der Waals surface area contributed by atoms with Crippen molar-refractivity contribution in [3.8, 4) is 0 Å². The van der Waals surface area contributed by atoms with E-state index in [0.717, 1.165) is 25.7 Å². The van der Waals surface area contributed by atoms with E-state index >= 15 is 0 Å². The Morgan fingerprint density at radius 1 is 0.846 bits per heavy atom. The fourth-order valence-electron chi connectivity index (χ4n) is 0.316. The van der Waals surface area contributed by atoms with Gasteiger partial charge in [-0.3, -0.25) is 0 Å². The fraction of sp³-hybridized carbons (Fsp3) is 1.00. The van der Waals surface area contributed by atoms with Gasteiger partial charge in [0.1, 0.15) is 16.3 Å². The lowest BCUT2D eigenvalue weighted by Gasteiger charge is -1.79. The second-order valence-corrected chi connectivity index (χ2v) is 3.38. The molecule has 0 spiro atoms. The van der Waals surface area contributed by atoms with Gasteiger partial charge < -0.3 is 10.2 Å². The molecule has 0 saturated heterocycles. The molecule has 0 aromatic heterocycles. The Balaban J connectivity index is -0.000000120. The predicted molar refractivity (Wildman–Crippen MR) is 60.2 cm³/mol. The van der Waals surface area contributed by atoms with Crippen molar-refractivity contribution in [1.29, 1.82) is 0 Å². The van der Waals surface area contributed by atoms with E-state index in [-0.39, 0.29) is 0 Å². The van der Waals surface area contributed by atoms with Crippen LogP contribution in [0.1, 0.15) is 46.5 Å². The van der Waals surface area contributed by atoms with E-state index < -0.39 is 0 Å². The van der Waals surface area contributed by atoms with Gasteiger partial charge in [0, 0.05) is 13.2 Å². The molecule has 2 nitrogen and oxygen atoms in total. The summed E-state index contributed by atoms with van der Waals surface area (Å²) >= 11 is 2.58. The van der Waals surface area contributed by atoms with Crippen LogP contribution < -0.4 is 0 Å². The van der Waals surface area contributed by atoms with E-state index in [4.69, 9.17) is 10.2 Å². The summed E-state index contributed by atoms with van der Waals surface area (Å²) < 4.78 is 0. The molecule has 80 valence electrons. The summed E-state index contributed by atoms with van der Waals surface area (Å²) in [5, 5.41) is 17.3. The van der Waals surface area contributed by atoms with E-state index in [1.807, 2.05) is 0 Å². The monoisotopic (exact) mass is 204 g/mol. The minimum Gasteiger partial charge on any atom is -0.396 e. The molecule has 0 bridgehead atoms. The molecule has 0 aliphatic heterocycles. The number of rotatable bonds is 4. The van der Waals surface area contributed by atoms with Gasteiger partial charge in [-0.2, -0.15) is 0 Å². The Hall–Kier alpha value is 0.452. The third-order valence-corrected chi connectivity index (χ3v) is 1.02. The minimum atomic E-state index is 0.344. The average molecular weight is 204 g/mol. The lowest BCUT2D eigenvalue weighted by molar-refractivity contribution is 0.286. The molecule has 13 heavy (non-hydrogen) atoms. The van der Waals surface area contributed by atoms with Gasteiger partial charge in [-0.15, -0.1) is 5.28 Å². The quantitative estimate of drug-likeness (QED) is 0.689. The zero-order chi connectivity index (χ0) is 10.9. The highest BCUT2D eigenvalue weighted by Crippen LogP contribution is 1.79. The van der Waals surface area contributed by atoms with E-state index in [1.165, 1.54) is 5.28 Å². The maximum atomic E-state index is 8.07. The summed E-state index contributed by atoms with van der Waals surface area (Å²) in [6.07, 6.45) is 4.08. The van der Waals surface area contributed by atoms with Crippen molar-refractivity contribution in [2.24, 2.45) is 0 Å². The topological polar surface area (TPSA) is 40.5 Å². The van der Waals surface area contributed by atoms with Crippen molar-refractivity contribution in [2.75, 3.05) is 13.2 Å². The van der Waals surface area contributed by atoms with E-state index in [2.05, 4.69) is 37.1 Å². The van der Waals surface area contributed by atoms with Crippen LogP contribution in [0, 0.1) is 0 Å². The highest BCUT2D eigenvalue weighted by molar-refractivity contribution is 6.08. The standard InChI is InChI=1S/2C4H10O.C2H5.Al/c2*1-2-3-4-5;1-2;/h2*5H,2-4H2,1H3;1H2,2H3;. The van der Waals surface area contributed by atoms with Crippen LogP contribution in [0.3, 0.4) is 0 Å². The zero-order valence-electron chi connectivity index (χ0n) is 9.42. The molecule has 3 heteroatoms. The Morgan fingerprint density at radius 2 is 1.08 bits per heavy atom. The van der Waals surface area contributed by atoms with Crippen molar-refractivity contribution >= 4 is 16.3 Å². The highest BCUT2D eigenvalue weighted by Gasteiger charge is 1.69. The first-order chi connectivity index (χ1) is 6.24. The molecule has 2 radical (unpaired) electrons. The molecule has 0 fully saturated rings. The molecule has 0 rings (SSSR count). The maximum absolute atomic E-state index is 8.07. The largest absolute Gasteiger partial charge is 0.396 e. The van der Waals surface area contributed by atoms with Gasteiger partial charge in [0.2, 0.25) is 0 Å². The summed E-state index contributed by atoms with van der Waals surface area (Å²) in [7, 11) is 0. The maximum Gasteiger partial charge on any atom is 0.117 e. The molecular weight excluding hydrogens is 179 g/mol. The van der Waals surface area contributed by atoms with Crippen LogP contribution in [-0.4, -0.2) is 39.7 Å². The van der Waals surface area contributed by atoms with Crippen molar-refractivity contribution in [2.45, 2.75) is 51.7 Å². The fourth-order valence-corrected chi connectivity index (χ4v) is 0.316. The minimum absolute atomic E-state index is 0.344. The average Bonchev–Trinajstić information content (AvgIpc) is 2.09. The van der Waals surface area contributed by atoms with Crippen LogP contribution in [0.25, 0.3) is 0 Å². The predicted octanol–water partition coefficient (Wildman–Crippen LogP) is 2.15. The first kappa shape index (κ1) is 19.1. The molecule has 2 N–H and O–H groups in total. The number of hydrogen-bond acceptors (Lipinski definition) is 2. The van der Waals surface area contributed by atoms with E-state index in [9.17, 15) is 0 Å². The first-order valence-corrected chi connectivity index (χ1v) is 5.98. The molecule has 0 heterocycles. The van der Waals surface area contributed by atoms with Crippen molar-refractivity contribution < 1.29 is 10.2 Å². The lowest BCUT2D eigenvalue weighted by Crippen LogP contribution is -1.75. The number of aliphatic hydroxyl groups is 2. The molecule has 0 atom stereocenters. The van der Waals surface area contributed by atoms with Crippen LogP contribution in [0.5, 0.6) is 0 Å². The Labute approximate surface area is 91.8 Å². The van der Waals surface area contributed by atoms with Gasteiger partial charge in [-0.25, -0.2) is 0 Å². The Morgan fingerprint density at radius 3 is 1.08 bits per heavy atom. The SMILES string of the molecule is CCCCO.CCCCO.C[CH2][Al]. The second kappa shape index (κ2) is 29.4.